The maximum atomic E-state index is 12.7. The highest BCUT2D eigenvalue weighted by Crippen LogP contribution is 2.12. The van der Waals surface area contributed by atoms with E-state index in [1.165, 1.54) is 0 Å². The quantitative estimate of drug-likeness (QED) is 0.776. The molecule has 0 fully saturated rings. The van der Waals surface area contributed by atoms with E-state index in [-0.39, 0.29) is 12.5 Å². The second-order valence-corrected chi connectivity index (χ2v) is 8.98. The van der Waals surface area contributed by atoms with Gasteiger partial charge in [0, 0.05) is 17.8 Å². The number of aryl methyl sites for hydroxylation is 2. The minimum atomic E-state index is -0.639. The fourth-order valence-electron chi connectivity index (χ4n) is 2.85. The molecule has 0 aliphatic rings. The van der Waals surface area contributed by atoms with Crippen LogP contribution in [0.5, 0.6) is 0 Å². The van der Waals surface area contributed by atoms with Crippen molar-refractivity contribution in [1.82, 2.24) is 20.4 Å². The lowest BCUT2D eigenvalue weighted by Crippen LogP contribution is -2.52. The molecule has 158 valence electrons. The van der Waals surface area contributed by atoms with Crippen LogP contribution in [0.1, 0.15) is 61.9 Å². The molecule has 2 aromatic rings. The van der Waals surface area contributed by atoms with Crippen LogP contribution in [0.2, 0.25) is 0 Å². The summed E-state index contributed by atoms with van der Waals surface area (Å²) in [7, 11) is 0. The number of amides is 2. The molecule has 0 saturated heterocycles. The van der Waals surface area contributed by atoms with Crippen LogP contribution in [-0.4, -0.2) is 39.5 Å². The maximum Gasteiger partial charge on any atom is 0.407 e. The molecular weight excluding hydrogens is 368 g/mol. The summed E-state index contributed by atoms with van der Waals surface area (Å²) in [4.78, 5) is 24.6. The first kappa shape index (κ1) is 22.5. The van der Waals surface area contributed by atoms with Gasteiger partial charge >= 0.3 is 6.09 Å². The topological polar surface area (TPSA) is 85.2 Å². The number of alkyl carbamates (subject to hydrolysis) is 1. The molecule has 7 nitrogen and oxygen atoms in total. The molecule has 0 spiro atoms. The lowest BCUT2D eigenvalue weighted by Gasteiger charge is -2.28. The smallest absolute Gasteiger partial charge is 0.407 e. The Hall–Kier alpha value is -2.83. The van der Waals surface area contributed by atoms with E-state index in [0.29, 0.717) is 12.1 Å². The lowest BCUT2D eigenvalue weighted by atomic mass is 10.0. The second kappa shape index (κ2) is 8.68. The molecule has 7 heteroatoms. The first-order chi connectivity index (χ1) is 13.3. The standard InChI is InChI=1S/C22H32N4O3/c1-15-11-16(2)26(25-15)13-17-9-8-10-18(12-17)19(27)24-22(6,7)14-23-20(28)29-21(3,4)5/h8-12H,13-14H2,1-7H3,(H,23,28)(H,24,27). The highest BCUT2D eigenvalue weighted by Gasteiger charge is 2.24. The van der Waals surface area contributed by atoms with Crippen molar-refractivity contribution < 1.29 is 14.3 Å². The number of rotatable bonds is 6. The molecule has 0 saturated carbocycles. The Balaban J connectivity index is 1.99. The molecule has 0 radical (unpaired) electrons. The van der Waals surface area contributed by atoms with Crippen LogP contribution >= 0.6 is 0 Å². The number of hydrogen-bond acceptors (Lipinski definition) is 4. The zero-order chi connectivity index (χ0) is 21.8. The van der Waals surface area contributed by atoms with Gasteiger partial charge in [-0.1, -0.05) is 12.1 Å². The fraction of sp³-hybridized carbons (Fsp3) is 0.500. The molecular formula is C22H32N4O3. The summed E-state index contributed by atoms with van der Waals surface area (Å²) in [5.74, 6) is -0.198. The summed E-state index contributed by atoms with van der Waals surface area (Å²) in [6, 6.07) is 9.50. The Kier molecular flexibility index (Phi) is 6.72. The first-order valence-electron chi connectivity index (χ1n) is 9.74. The number of ether oxygens (including phenoxy) is 1. The van der Waals surface area contributed by atoms with Crippen molar-refractivity contribution in [1.29, 1.82) is 0 Å². The highest BCUT2D eigenvalue weighted by molar-refractivity contribution is 5.94. The van der Waals surface area contributed by atoms with Gasteiger partial charge in [-0.05, 0) is 72.2 Å². The van der Waals surface area contributed by atoms with Gasteiger partial charge in [-0.3, -0.25) is 9.48 Å². The van der Waals surface area contributed by atoms with Gasteiger partial charge in [0.2, 0.25) is 0 Å². The summed E-state index contributed by atoms with van der Waals surface area (Å²) in [5.41, 5.74) is 2.40. The van der Waals surface area contributed by atoms with Crippen molar-refractivity contribution in [3.05, 3.63) is 52.8 Å². The van der Waals surface area contributed by atoms with Crippen molar-refractivity contribution in [2.75, 3.05) is 6.54 Å². The van der Waals surface area contributed by atoms with Crippen molar-refractivity contribution in [2.45, 2.75) is 66.2 Å². The molecule has 1 aromatic carbocycles. The first-order valence-corrected chi connectivity index (χ1v) is 9.74. The van der Waals surface area contributed by atoms with Crippen molar-refractivity contribution >= 4 is 12.0 Å². The Morgan fingerprint density at radius 1 is 1.10 bits per heavy atom. The normalized spacial score (nSPS) is 11.8. The predicted octanol–water partition coefficient (Wildman–Crippen LogP) is 3.58. The van der Waals surface area contributed by atoms with Gasteiger partial charge in [-0.15, -0.1) is 0 Å². The third-order valence-corrected chi connectivity index (χ3v) is 4.15. The van der Waals surface area contributed by atoms with Crippen LogP contribution in [0.4, 0.5) is 4.79 Å². The van der Waals surface area contributed by atoms with E-state index in [1.807, 2.05) is 56.6 Å². The number of nitrogens with zero attached hydrogens (tertiary/aromatic N) is 2. The van der Waals surface area contributed by atoms with Crippen LogP contribution in [0.15, 0.2) is 30.3 Å². The molecule has 0 atom stereocenters. The van der Waals surface area contributed by atoms with Crippen molar-refractivity contribution in [3.8, 4) is 0 Å². The molecule has 0 aliphatic heterocycles. The van der Waals surface area contributed by atoms with Crippen LogP contribution in [0.25, 0.3) is 0 Å². The zero-order valence-electron chi connectivity index (χ0n) is 18.4. The van der Waals surface area contributed by atoms with E-state index in [9.17, 15) is 9.59 Å². The molecule has 1 aromatic heterocycles. The average molecular weight is 401 g/mol. The molecule has 0 unspecified atom stereocenters. The van der Waals surface area contributed by atoms with Crippen molar-refractivity contribution in [3.63, 3.8) is 0 Å². The van der Waals surface area contributed by atoms with Gasteiger partial charge in [-0.25, -0.2) is 4.79 Å². The number of benzene rings is 1. The maximum absolute atomic E-state index is 12.7. The number of carbonyl (C=O) groups excluding carboxylic acids is 2. The third-order valence-electron chi connectivity index (χ3n) is 4.15. The van der Waals surface area contributed by atoms with Crippen LogP contribution < -0.4 is 10.6 Å². The minimum Gasteiger partial charge on any atom is -0.444 e. The number of nitrogens with one attached hydrogen (secondary N) is 2. The van der Waals surface area contributed by atoms with Crippen LogP contribution in [0, 0.1) is 13.8 Å². The van der Waals surface area contributed by atoms with Gasteiger partial charge in [-0.2, -0.15) is 5.10 Å². The number of carbonyl (C=O) groups is 2. The Bertz CT molecular complexity index is 878. The molecule has 2 N–H and O–H groups in total. The zero-order valence-corrected chi connectivity index (χ0v) is 18.4. The van der Waals surface area contributed by atoms with E-state index in [1.54, 1.807) is 26.8 Å². The van der Waals surface area contributed by atoms with Crippen LogP contribution in [0.3, 0.4) is 0 Å². The van der Waals surface area contributed by atoms with Gasteiger partial charge in [0.15, 0.2) is 0 Å². The monoisotopic (exact) mass is 400 g/mol. The fourth-order valence-corrected chi connectivity index (χ4v) is 2.85. The van der Waals surface area contributed by atoms with E-state index in [0.717, 1.165) is 17.0 Å². The predicted molar refractivity (Wildman–Crippen MR) is 113 cm³/mol. The van der Waals surface area contributed by atoms with Gasteiger partial charge < -0.3 is 15.4 Å². The largest absolute Gasteiger partial charge is 0.444 e. The summed E-state index contributed by atoms with van der Waals surface area (Å²) in [5, 5.41) is 10.1. The summed E-state index contributed by atoms with van der Waals surface area (Å²) in [6.45, 7) is 13.9. The molecule has 2 amide bonds. The van der Waals surface area contributed by atoms with Crippen molar-refractivity contribution in [2.24, 2.45) is 0 Å². The molecule has 0 bridgehead atoms. The molecule has 29 heavy (non-hydrogen) atoms. The Morgan fingerprint density at radius 3 is 2.38 bits per heavy atom. The van der Waals surface area contributed by atoms with E-state index >= 15 is 0 Å². The van der Waals surface area contributed by atoms with E-state index in [2.05, 4.69) is 15.7 Å². The minimum absolute atomic E-state index is 0.198. The number of aromatic nitrogens is 2. The summed E-state index contributed by atoms with van der Waals surface area (Å²) < 4.78 is 7.15. The summed E-state index contributed by atoms with van der Waals surface area (Å²) >= 11 is 0. The lowest BCUT2D eigenvalue weighted by molar-refractivity contribution is 0.0509. The third kappa shape index (κ3) is 7.25. The molecule has 0 aliphatic carbocycles. The van der Waals surface area contributed by atoms with E-state index < -0.39 is 17.2 Å². The van der Waals surface area contributed by atoms with Gasteiger partial charge in [0.05, 0.1) is 17.8 Å². The summed E-state index contributed by atoms with van der Waals surface area (Å²) in [6.07, 6.45) is -0.508. The van der Waals surface area contributed by atoms with Gasteiger partial charge in [0.1, 0.15) is 5.60 Å². The second-order valence-electron chi connectivity index (χ2n) is 8.98. The SMILES string of the molecule is Cc1cc(C)n(Cc2cccc(C(=O)NC(C)(C)CNC(=O)OC(C)(C)C)c2)n1. The number of hydrogen-bond donors (Lipinski definition) is 2. The van der Waals surface area contributed by atoms with Crippen LogP contribution in [-0.2, 0) is 11.3 Å². The average Bonchev–Trinajstić information content (AvgIpc) is 2.89. The Labute approximate surface area is 172 Å². The van der Waals surface area contributed by atoms with E-state index in [4.69, 9.17) is 4.74 Å². The molecule has 1 heterocycles. The highest BCUT2D eigenvalue weighted by atomic mass is 16.6. The van der Waals surface area contributed by atoms with Gasteiger partial charge in [0.25, 0.3) is 5.91 Å². The Morgan fingerprint density at radius 2 is 1.79 bits per heavy atom. The molecule has 2 rings (SSSR count).